The molecule has 1 N–H and O–H groups in total. The number of hydrogen-bond donors (Lipinski definition) is 1. The molecular formula is C17H23NO4. The van der Waals surface area contributed by atoms with Gasteiger partial charge in [0.2, 0.25) is 0 Å². The first-order chi connectivity index (χ1) is 10.4. The molecule has 22 heavy (non-hydrogen) atoms. The van der Waals surface area contributed by atoms with Gasteiger partial charge in [-0.2, -0.15) is 0 Å². The van der Waals surface area contributed by atoms with Crippen molar-refractivity contribution in [3.8, 4) is 5.75 Å². The number of benzene rings is 1. The molecule has 120 valence electrons. The summed E-state index contributed by atoms with van der Waals surface area (Å²) in [6.07, 6.45) is 3.69. The minimum atomic E-state index is -0.563. The number of carbonyl (C=O) groups is 2. The summed E-state index contributed by atoms with van der Waals surface area (Å²) in [6.45, 7) is 5.51. The second kappa shape index (κ2) is 8.22. The number of hydrogen-bond acceptors (Lipinski definition) is 4. The van der Waals surface area contributed by atoms with Gasteiger partial charge in [-0.05, 0) is 44.0 Å². The van der Waals surface area contributed by atoms with E-state index < -0.39 is 5.97 Å². The highest BCUT2D eigenvalue weighted by Crippen LogP contribution is 2.13. The van der Waals surface area contributed by atoms with Crippen molar-refractivity contribution in [1.82, 2.24) is 5.32 Å². The molecule has 0 saturated heterocycles. The number of nitrogens with one attached hydrogen (secondary N) is 1. The lowest BCUT2D eigenvalue weighted by Gasteiger charge is -2.24. The first-order valence-corrected chi connectivity index (χ1v) is 7.16. The van der Waals surface area contributed by atoms with Gasteiger partial charge in [0, 0.05) is 11.6 Å². The topological polar surface area (TPSA) is 64.6 Å². The van der Waals surface area contributed by atoms with Gasteiger partial charge in [-0.3, -0.25) is 4.79 Å². The van der Waals surface area contributed by atoms with Crippen LogP contribution < -0.4 is 10.1 Å². The molecule has 0 atom stereocenters. The Morgan fingerprint density at radius 1 is 1.32 bits per heavy atom. The smallest absolute Gasteiger partial charge is 0.331 e. The average Bonchev–Trinajstić information content (AvgIpc) is 2.50. The van der Waals surface area contributed by atoms with Gasteiger partial charge in [-0.15, -0.1) is 0 Å². The highest BCUT2D eigenvalue weighted by atomic mass is 16.5. The van der Waals surface area contributed by atoms with Gasteiger partial charge < -0.3 is 14.8 Å². The molecule has 0 aliphatic carbocycles. The summed E-state index contributed by atoms with van der Waals surface area (Å²) < 4.78 is 10.00. The molecule has 0 spiro atoms. The van der Waals surface area contributed by atoms with Crippen molar-refractivity contribution in [3.05, 3.63) is 35.9 Å². The van der Waals surface area contributed by atoms with Crippen LogP contribution in [0, 0.1) is 0 Å². The minimum absolute atomic E-state index is 0.287. The lowest BCUT2D eigenvalue weighted by Crippen LogP contribution is -2.44. The zero-order chi connectivity index (χ0) is 16.6. The van der Waals surface area contributed by atoms with Gasteiger partial charge in [0.1, 0.15) is 5.75 Å². The van der Waals surface area contributed by atoms with Crippen LogP contribution in [0.5, 0.6) is 5.75 Å². The summed E-state index contributed by atoms with van der Waals surface area (Å²) in [7, 11) is 1.58. The molecule has 1 amide bonds. The Morgan fingerprint density at radius 2 is 2.05 bits per heavy atom. The zero-order valence-electron chi connectivity index (χ0n) is 13.5. The van der Waals surface area contributed by atoms with E-state index in [1.54, 1.807) is 19.3 Å². The Morgan fingerprint density at radius 3 is 2.68 bits per heavy atom. The van der Waals surface area contributed by atoms with Crippen molar-refractivity contribution in [2.45, 2.75) is 32.7 Å². The highest BCUT2D eigenvalue weighted by Gasteiger charge is 2.18. The Kier molecular flexibility index (Phi) is 6.63. The summed E-state index contributed by atoms with van der Waals surface area (Å²) in [5.41, 5.74) is 0.507. The van der Waals surface area contributed by atoms with Crippen molar-refractivity contribution in [1.29, 1.82) is 0 Å². The summed E-state index contributed by atoms with van der Waals surface area (Å²) in [5, 5.41) is 2.79. The van der Waals surface area contributed by atoms with Crippen LogP contribution in [-0.4, -0.2) is 31.1 Å². The number of rotatable bonds is 7. The molecule has 1 rings (SSSR count). The van der Waals surface area contributed by atoms with E-state index >= 15 is 0 Å². The number of methoxy groups -OCH3 is 1. The standard InChI is InChI=1S/C17H23NO4/c1-5-17(2,3)18-15(19)12-22-16(20)10-9-13-7-6-8-14(11-13)21-4/h6-11H,5,12H2,1-4H3,(H,18,19)/b10-9+. The minimum Gasteiger partial charge on any atom is -0.497 e. The van der Waals surface area contributed by atoms with Crippen molar-refractivity contribution >= 4 is 18.0 Å². The van der Waals surface area contributed by atoms with E-state index in [2.05, 4.69) is 5.32 Å². The average molecular weight is 305 g/mol. The number of esters is 1. The van der Waals surface area contributed by atoms with E-state index in [0.29, 0.717) is 5.75 Å². The highest BCUT2D eigenvalue weighted by molar-refractivity contribution is 5.89. The molecule has 0 saturated carbocycles. The molecule has 0 aliphatic rings. The van der Waals surface area contributed by atoms with E-state index in [4.69, 9.17) is 9.47 Å². The second-order valence-electron chi connectivity index (χ2n) is 5.50. The van der Waals surface area contributed by atoms with Crippen LogP contribution in [0.25, 0.3) is 6.08 Å². The van der Waals surface area contributed by atoms with Gasteiger partial charge >= 0.3 is 5.97 Å². The van der Waals surface area contributed by atoms with Crippen molar-refractivity contribution in [2.24, 2.45) is 0 Å². The third-order valence-electron chi connectivity index (χ3n) is 3.21. The van der Waals surface area contributed by atoms with Crippen molar-refractivity contribution in [2.75, 3.05) is 13.7 Å². The molecule has 0 aromatic heterocycles. The largest absolute Gasteiger partial charge is 0.497 e. The van der Waals surface area contributed by atoms with Gasteiger partial charge in [-0.1, -0.05) is 19.1 Å². The molecule has 0 radical (unpaired) electrons. The maximum atomic E-state index is 11.7. The first-order valence-electron chi connectivity index (χ1n) is 7.16. The SMILES string of the molecule is CCC(C)(C)NC(=O)COC(=O)/C=C/c1cccc(OC)c1. The maximum Gasteiger partial charge on any atom is 0.331 e. The Bertz CT molecular complexity index is 549. The molecule has 1 aromatic carbocycles. The Labute approximate surface area is 131 Å². The normalized spacial score (nSPS) is 11.3. The third kappa shape index (κ3) is 6.43. The second-order valence-corrected chi connectivity index (χ2v) is 5.50. The molecule has 0 unspecified atom stereocenters. The number of ether oxygens (including phenoxy) is 2. The first kappa shape index (κ1) is 17.8. The van der Waals surface area contributed by atoms with Crippen LogP contribution in [0.2, 0.25) is 0 Å². The number of carbonyl (C=O) groups excluding carboxylic acids is 2. The molecule has 5 heteroatoms. The van der Waals surface area contributed by atoms with E-state index in [1.807, 2.05) is 39.0 Å². The molecule has 1 aromatic rings. The predicted molar refractivity (Wildman–Crippen MR) is 85.5 cm³/mol. The Balaban J connectivity index is 2.46. The molecule has 0 fully saturated rings. The number of amides is 1. The zero-order valence-corrected chi connectivity index (χ0v) is 13.5. The summed E-state index contributed by atoms with van der Waals surface area (Å²) >= 11 is 0. The fourth-order valence-corrected chi connectivity index (χ4v) is 1.60. The predicted octanol–water partition coefficient (Wildman–Crippen LogP) is 2.56. The fraction of sp³-hybridized carbons (Fsp3) is 0.412. The van der Waals surface area contributed by atoms with Gasteiger partial charge in [0.15, 0.2) is 6.61 Å². The monoisotopic (exact) mass is 305 g/mol. The van der Waals surface area contributed by atoms with Crippen LogP contribution >= 0.6 is 0 Å². The summed E-state index contributed by atoms with van der Waals surface area (Å²) in [6, 6.07) is 7.27. The summed E-state index contributed by atoms with van der Waals surface area (Å²) in [5.74, 6) is -0.168. The fourth-order valence-electron chi connectivity index (χ4n) is 1.60. The maximum absolute atomic E-state index is 11.7. The van der Waals surface area contributed by atoms with Crippen molar-refractivity contribution in [3.63, 3.8) is 0 Å². The van der Waals surface area contributed by atoms with E-state index in [-0.39, 0.29) is 18.1 Å². The van der Waals surface area contributed by atoms with Crippen LogP contribution in [0.1, 0.15) is 32.8 Å². The van der Waals surface area contributed by atoms with Crippen LogP contribution in [0.15, 0.2) is 30.3 Å². The molecule has 0 heterocycles. The lowest BCUT2D eigenvalue weighted by molar-refractivity contribution is -0.144. The quantitative estimate of drug-likeness (QED) is 0.621. The Hall–Kier alpha value is -2.30. The van der Waals surface area contributed by atoms with Gasteiger partial charge in [-0.25, -0.2) is 4.79 Å². The third-order valence-corrected chi connectivity index (χ3v) is 3.21. The van der Waals surface area contributed by atoms with Gasteiger partial charge in [0.25, 0.3) is 5.91 Å². The van der Waals surface area contributed by atoms with Crippen LogP contribution in [0.3, 0.4) is 0 Å². The van der Waals surface area contributed by atoms with E-state index in [9.17, 15) is 9.59 Å². The van der Waals surface area contributed by atoms with Crippen LogP contribution in [0.4, 0.5) is 0 Å². The van der Waals surface area contributed by atoms with E-state index in [0.717, 1.165) is 12.0 Å². The molecule has 0 bridgehead atoms. The van der Waals surface area contributed by atoms with Crippen LogP contribution in [-0.2, 0) is 14.3 Å². The van der Waals surface area contributed by atoms with Crippen molar-refractivity contribution < 1.29 is 19.1 Å². The lowest BCUT2D eigenvalue weighted by atomic mass is 10.0. The summed E-state index contributed by atoms with van der Waals surface area (Å²) in [4.78, 5) is 23.2. The van der Waals surface area contributed by atoms with Gasteiger partial charge in [0.05, 0.1) is 7.11 Å². The molecule has 0 aliphatic heterocycles. The van der Waals surface area contributed by atoms with E-state index in [1.165, 1.54) is 6.08 Å². The molecular weight excluding hydrogens is 282 g/mol. The molecule has 5 nitrogen and oxygen atoms in total.